The molecule has 2 amide bonds. The minimum absolute atomic E-state index is 0.00979. The van der Waals surface area contributed by atoms with Gasteiger partial charge in [0, 0.05) is 32.7 Å². The Hall–Kier alpha value is -5.50. The molecule has 1 unspecified atom stereocenters. The van der Waals surface area contributed by atoms with E-state index in [1.807, 2.05) is 0 Å². The molecule has 0 bridgehead atoms. The van der Waals surface area contributed by atoms with Crippen molar-refractivity contribution < 1.29 is 41.7 Å². The van der Waals surface area contributed by atoms with E-state index in [1.165, 1.54) is 27.9 Å². The molecule has 8 rings (SSSR count). The number of ether oxygens (including phenoxy) is 2. The van der Waals surface area contributed by atoms with Gasteiger partial charge in [0.25, 0.3) is 11.5 Å². The van der Waals surface area contributed by atoms with Crippen LogP contribution in [0.2, 0.25) is 5.02 Å². The van der Waals surface area contributed by atoms with E-state index in [9.17, 15) is 32.7 Å². The first-order valence-corrected chi connectivity index (χ1v) is 18.8. The van der Waals surface area contributed by atoms with Crippen molar-refractivity contribution in [3.8, 4) is 17.1 Å². The molecule has 1 atom stereocenters. The lowest BCUT2D eigenvalue weighted by Gasteiger charge is -2.39. The number of anilines is 1. The van der Waals surface area contributed by atoms with E-state index in [2.05, 4.69) is 30.3 Å². The quantitative estimate of drug-likeness (QED) is 0.215. The zero-order valence-electron chi connectivity index (χ0n) is 31.1. The summed E-state index contributed by atoms with van der Waals surface area (Å²) in [5.41, 5.74) is -1.71. The normalized spacial score (nSPS) is 18.2. The molecule has 2 aromatic carbocycles. The van der Waals surface area contributed by atoms with Gasteiger partial charge in [-0.2, -0.15) is 22.7 Å². The van der Waals surface area contributed by atoms with Gasteiger partial charge in [0.2, 0.25) is 11.7 Å². The van der Waals surface area contributed by atoms with Gasteiger partial charge in [-0.3, -0.25) is 19.3 Å². The van der Waals surface area contributed by atoms with Crippen LogP contribution in [0.25, 0.3) is 17.2 Å². The first kappa shape index (κ1) is 39.3. The van der Waals surface area contributed by atoms with Gasteiger partial charge in [-0.1, -0.05) is 17.7 Å². The van der Waals surface area contributed by atoms with Gasteiger partial charge in [0.15, 0.2) is 17.3 Å². The molecule has 2 fully saturated rings. The fourth-order valence-electron chi connectivity index (χ4n) is 7.84. The number of carbonyl (C=O) groups is 2. The highest BCUT2D eigenvalue weighted by atomic mass is 35.5. The molecule has 2 saturated heterocycles. The highest BCUT2D eigenvalue weighted by molar-refractivity contribution is 6.33. The number of fused-ring (bicyclic) bond motifs is 3. The van der Waals surface area contributed by atoms with E-state index in [1.54, 1.807) is 19.9 Å². The second-order valence-corrected chi connectivity index (χ2v) is 14.9. The third kappa shape index (κ3) is 7.16. The number of piperidine rings is 1. The standard InChI is InChI=1S/C38H36ClF4N9O6/c1-20-32(54)30(45-19-44-20)35(56)50-9-7-37(8-10-50)29-31(21(2)58-37)51(18-28(53)46-27-6-4-23(16-25(27)39)38(41,42)43)36-47-33(48-52(36)34(29)55)24-5-3-22(15-26(24)40)17-49-11-13-57-14-12-49/h3-6,15-16,19,21,54H,7-14,17-18H2,1-2H3,(H,46,53). The number of hydrogen-bond donors (Lipinski definition) is 2. The van der Waals surface area contributed by atoms with Gasteiger partial charge in [-0.15, -0.1) is 5.10 Å². The number of nitrogens with one attached hydrogen (secondary N) is 1. The van der Waals surface area contributed by atoms with Crippen molar-refractivity contribution in [1.29, 1.82) is 0 Å². The molecule has 3 aliphatic heterocycles. The van der Waals surface area contributed by atoms with E-state index in [0.717, 1.165) is 16.6 Å². The Balaban J connectivity index is 1.17. The second kappa shape index (κ2) is 15.0. The van der Waals surface area contributed by atoms with Gasteiger partial charge in [-0.25, -0.2) is 14.4 Å². The lowest BCUT2D eigenvalue weighted by Crippen LogP contribution is -2.47. The summed E-state index contributed by atoms with van der Waals surface area (Å²) in [5, 5.41) is 17.1. The zero-order valence-corrected chi connectivity index (χ0v) is 31.9. The Morgan fingerprint density at radius 1 is 1.07 bits per heavy atom. The minimum atomic E-state index is -4.66. The number of halogens is 5. The number of nitrogens with zero attached hydrogens (tertiary/aromatic N) is 8. The topological polar surface area (TPSA) is 169 Å². The molecule has 6 heterocycles. The predicted molar refractivity (Wildman–Crippen MR) is 199 cm³/mol. The minimum Gasteiger partial charge on any atom is -0.504 e. The first-order chi connectivity index (χ1) is 27.6. The summed E-state index contributed by atoms with van der Waals surface area (Å²) in [6, 6.07) is 7.17. The molecule has 3 aliphatic rings. The summed E-state index contributed by atoms with van der Waals surface area (Å²) in [7, 11) is 0. The largest absolute Gasteiger partial charge is 0.504 e. The van der Waals surface area contributed by atoms with E-state index >= 15 is 4.39 Å². The maximum absolute atomic E-state index is 15.8. The van der Waals surface area contributed by atoms with Crippen LogP contribution in [0.15, 0.2) is 47.5 Å². The Bertz CT molecular complexity index is 2510. The van der Waals surface area contributed by atoms with Gasteiger partial charge in [-0.05, 0) is 62.6 Å². The molecular weight excluding hydrogens is 790 g/mol. The number of benzene rings is 2. The van der Waals surface area contributed by atoms with Gasteiger partial charge in [0.1, 0.15) is 24.3 Å². The van der Waals surface area contributed by atoms with Crippen molar-refractivity contribution in [1.82, 2.24) is 38.9 Å². The SMILES string of the molecule is Cc1ncnc(C(=O)N2CCC3(CC2)OC(C)c2c3c(=O)n3nc(-c4ccc(CN5CCOCC5)cc4F)nc3n2CC(=O)Nc2ccc(C(F)(F)F)cc2Cl)c1O. The van der Waals surface area contributed by atoms with Crippen LogP contribution in [0.4, 0.5) is 23.2 Å². The van der Waals surface area contributed by atoms with Gasteiger partial charge >= 0.3 is 6.18 Å². The molecule has 58 heavy (non-hydrogen) atoms. The summed E-state index contributed by atoms with van der Waals surface area (Å²) in [6.07, 6.45) is -4.01. The third-order valence-electron chi connectivity index (χ3n) is 10.8. The number of aromatic nitrogens is 6. The van der Waals surface area contributed by atoms with Crippen molar-refractivity contribution >= 4 is 34.9 Å². The van der Waals surface area contributed by atoms with Crippen molar-refractivity contribution in [2.24, 2.45) is 0 Å². The maximum Gasteiger partial charge on any atom is 0.416 e. The summed E-state index contributed by atoms with van der Waals surface area (Å²) in [6.45, 7) is 5.97. The van der Waals surface area contributed by atoms with Crippen LogP contribution < -0.4 is 10.9 Å². The number of aryl methyl sites for hydroxylation is 1. The van der Waals surface area contributed by atoms with E-state index in [0.29, 0.717) is 44.5 Å². The van der Waals surface area contributed by atoms with Gasteiger partial charge < -0.3 is 29.4 Å². The summed E-state index contributed by atoms with van der Waals surface area (Å²) >= 11 is 6.15. The smallest absolute Gasteiger partial charge is 0.416 e. The fourth-order valence-corrected chi connectivity index (χ4v) is 8.07. The molecule has 304 valence electrons. The van der Waals surface area contributed by atoms with Crippen LogP contribution in [0.3, 0.4) is 0 Å². The Labute approximate surface area is 332 Å². The summed E-state index contributed by atoms with van der Waals surface area (Å²) in [5.74, 6) is -2.47. The zero-order chi connectivity index (χ0) is 41.1. The van der Waals surface area contributed by atoms with Crippen LogP contribution >= 0.6 is 11.6 Å². The number of carbonyl (C=O) groups excluding carboxylic acids is 2. The van der Waals surface area contributed by atoms with Crippen molar-refractivity contribution in [2.75, 3.05) is 44.7 Å². The molecule has 1 spiro atoms. The van der Waals surface area contributed by atoms with Crippen LogP contribution in [-0.2, 0) is 39.1 Å². The lowest BCUT2D eigenvalue weighted by atomic mass is 9.85. The maximum atomic E-state index is 15.8. The summed E-state index contributed by atoms with van der Waals surface area (Å²) in [4.78, 5) is 57.8. The first-order valence-electron chi connectivity index (χ1n) is 18.4. The second-order valence-electron chi connectivity index (χ2n) is 14.4. The molecule has 0 aliphatic carbocycles. The van der Waals surface area contributed by atoms with E-state index < -0.39 is 53.2 Å². The Morgan fingerprint density at radius 2 is 1.81 bits per heavy atom. The highest BCUT2D eigenvalue weighted by Gasteiger charge is 2.51. The van der Waals surface area contributed by atoms with E-state index in [4.69, 9.17) is 21.1 Å². The number of rotatable bonds is 7. The van der Waals surface area contributed by atoms with Crippen LogP contribution in [0.5, 0.6) is 5.75 Å². The molecular formula is C38H36ClF4N9O6. The number of likely N-dealkylation sites (tertiary alicyclic amines) is 1. The number of aromatic hydroxyl groups is 1. The van der Waals surface area contributed by atoms with Crippen molar-refractivity contribution in [2.45, 2.75) is 57.7 Å². The number of amides is 2. The average molecular weight is 826 g/mol. The number of alkyl halides is 3. The van der Waals surface area contributed by atoms with Crippen molar-refractivity contribution in [3.63, 3.8) is 0 Å². The molecule has 15 nitrogen and oxygen atoms in total. The average Bonchev–Trinajstić information content (AvgIpc) is 3.75. The van der Waals surface area contributed by atoms with Gasteiger partial charge in [0.05, 0.1) is 58.1 Å². The molecule has 0 saturated carbocycles. The predicted octanol–water partition coefficient (Wildman–Crippen LogP) is 4.87. The van der Waals surface area contributed by atoms with Crippen LogP contribution in [-0.4, -0.2) is 95.2 Å². The fraction of sp³-hybridized carbons (Fsp3) is 0.395. The van der Waals surface area contributed by atoms with Crippen LogP contribution in [0.1, 0.15) is 64.4 Å². The molecule has 5 aromatic rings. The molecule has 0 radical (unpaired) electrons. The number of morpholine rings is 1. The Morgan fingerprint density at radius 3 is 2.50 bits per heavy atom. The van der Waals surface area contributed by atoms with Crippen LogP contribution in [0, 0.1) is 12.7 Å². The van der Waals surface area contributed by atoms with Crippen molar-refractivity contribution in [3.05, 3.63) is 97.7 Å². The monoisotopic (exact) mass is 825 g/mol. The molecule has 20 heteroatoms. The molecule has 3 aromatic heterocycles. The summed E-state index contributed by atoms with van der Waals surface area (Å²) < 4.78 is 70.1. The Kier molecular flexibility index (Phi) is 10.2. The highest BCUT2D eigenvalue weighted by Crippen LogP contribution is 2.48. The number of hydrogen-bond acceptors (Lipinski definition) is 11. The van der Waals surface area contributed by atoms with E-state index in [-0.39, 0.29) is 82.2 Å². The lowest BCUT2D eigenvalue weighted by molar-refractivity contribution is -0.137. The molecule has 2 N–H and O–H groups in total. The third-order valence-corrected chi connectivity index (χ3v) is 11.1.